The lowest BCUT2D eigenvalue weighted by Gasteiger charge is -2.44. The lowest BCUT2D eigenvalue weighted by molar-refractivity contribution is -0.155. The molecule has 3 aromatic carbocycles. The molecule has 4 heteroatoms. The van der Waals surface area contributed by atoms with E-state index in [9.17, 15) is 9.59 Å². The largest absolute Gasteiger partial charge is 0.336 e. The van der Waals surface area contributed by atoms with Gasteiger partial charge in [-0.15, -0.1) is 0 Å². The predicted octanol–water partition coefficient (Wildman–Crippen LogP) is 3.67. The Labute approximate surface area is 171 Å². The zero-order chi connectivity index (χ0) is 20.3. The first-order valence-electron chi connectivity index (χ1n) is 9.84. The first-order valence-corrected chi connectivity index (χ1v) is 9.84. The van der Waals surface area contributed by atoms with E-state index in [-0.39, 0.29) is 11.8 Å². The van der Waals surface area contributed by atoms with E-state index in [1.807, 2.05) is 91.0 Å². The number of hydrogen-bond donors (Lipinski definition) is 1. The number of piperazine rings is 1. The Kier molecular flexibility index (Phi) is 5.17. The second kappa shape index (κ2) is 7.92. The van der Waals surface area contributed by atoms with Gasteiger partial charge in [-0.3, -0.25) is 9.59 Å². The van der Waals surface area contributed by atoms with Crippen LogP contribution in [0.15, 0.2) is 91.0 Å². The van der Waals surface area contributed by atoms with Crippen molar-refractivity contribution in [3.05, 3.63) is 108 Å². The number of nitrogens with one attached hydrogen (secondary N) is 1. The van der Waals surface area contributed by atoms with Crippen LogP contribution in [0.25, 0.3) is 0 Å². The highest BCUT2D eigenvalue weighted by atomic mass is 16.2. The van der Waals surface area contributed by atoms with Crippen LogP contribution in [0.5, 0.6) is 0 Å². The molecular formula is C25H24N2O2. The van der Waals surface area contributed by atoms with Crippen molar-refractivity contribution < 1.29 is 9.59 Å². The Morgan fingerprint density at radius 2 is 1.31 bits per heavy atom. The molecule has 146 valence electrons. The minimum Gasteiger partial charge on any atom is -0.336 e. The predicted molar refractivity (Wildman–Crippen MR) is 113 cm³/mol. The lowest BCUT2D eigenvalue weighted by atomic mass is 9.85. The molecule has 0 radical (unpaired) electrons. The number of rotatable bonds is 5. The van der Waals surface area contributed by atoms with Gasteiger partial charge >= 0.3 is 0 Å². The average Bonchev–Trinajstić information content (AvgIpc) is 2.76. The minimum atomic E-state index is -1.08. The van der Waals surface area contributed by atoms with Crippen molar-refractivity contribution in [2.45, 2.75) is 31.5 Å². The SMILES string of the molecule is CC1(c2ccccc2)NC(=O)C(Cc2ccccc2)N(Cc2ccccc2)C1=O. The third-order valence-electron chi connectivity index (χ3n) is 5.56. The summed E-state index contributed by atoms with van der Waals surface area (Å²) in [5.74, 6) is -0.219. The molecule has 2 atom stereocenters. The number of carbonyl (C=O) groups is 2. The van der Waals surface area contributed by atoms with Crippen LogP contribution in [0, 0.1) is 0 Å². The van der Waals surface area contributed by atoms with Crippen LogP contribution in [0.4, 0.5) is 0 Å². The average molecular weight is 384 g/mol. The summed E-state index contributed by atoms with van der Waals surface area (Å²) in [7, 11) is 0. The summed E-state index contributed by atoms with van der Waals surface area (Å²) in [4.78, 5) is 28.7. The summed E-state index contributed by atoms with van der Waals surface area (Å²) in [5.41, 5.74) is 1.74. The highest BCUT2D eigenvalue weighted by Gasteiger charge is 2.48. The third kappa shape index (κ3) is 3.79. The van der Waals surface area contributed by atoms with Gasteiger partial charge in [0.05, 0.1) is 0 Å². The number of hydrogen-bond acceptors (Lipinski definition) is 2. The molecule has 1 aliphatic heterocycles. The van der Waals surface area contributed by atoms with Gasteiger partial charge in [0.15, 0.2) is 0 Å². The third-order valence-corrected chi connectivity index (χ3v) is 5.56. The molecule has 0 spiro atoms. The fraction of sp³-hybridized carbons (Fsp3) is 0.200. The smallest absolute Gasteiger partial charge is 0.253 e. The molecule has 4 rings (SSSR count). The Morgan fingerprint density at radius 1 is 0.793 bits per heavy atom. The zero-order valence-corrected chi connectivity index (χ0v) is 16.4. The normalized spacial score (nSPS) is 21.7. The van der Waals surface area contributed by atoms with Crippen LogP contribution in [-0.4, -0.2) is 22.8 Å². The van der Waals surface area contributed by atoms with Gasteiger partial charge < -0.3 is 10.2 Å². The molecule has 4 nitrogen and oxygen atoms in total. The second-order valence-corrected chi connectivity index (χ2v) is 7.60. The molecule has 2 unspecified atom stereocenters. The van der Waals surface area contributed by atoms with Crippen molar-refractivity contribution in [1.82, 2.24) is 10.2 Å². The molecule has 1 N–H and O–H groups in total. The Hall–Kier alpha value is -3.40. The van der Waals surface area contributed by atoms with E-state index in [1.165, 1.54) is 0 Å². The summed E-state index contributed by atoms with van der Waals surface area (Å²) in [6.07, 6.45) is 0.482. The van der Waals surface area contributed by atoms with Crippen molar-refractivity contribution >= 4 is 11.8 Å². The Balaban J connectivity index is 1.71. The molecule has 1 saturated heterocycles. The number of benzene rings is 3. The van der Waals surface area contributed by atoms with Gasteiger partial charge in [0, 0.05) is 13.0 Å². The van der Waals surface area contributed by atoms with E-state index in [0.717, 1.165) is 16.7 Å². The standard InChI is InChI=1S/C25H24N2O2/c1-25(21-15-9-4-10-16-21)24(29)27(18-20-13-7-3-8-14-20)22(23(28)26-25)17-19-11-5-2-6-12-19/h2-16,22H,17-18H2,1H3,(H,26,28). The zero-order valence-electron chi connectivity index (χ0n) is 16.4. The maximum Gasteiger partial charge on any atom is 0.253 e. The van der Waals surface area contributed by atoms with E-state index in [1.54, 1.807) is 11.8 Å². The molecule has 1 aliphatic rings. The van der Waals surface area contributed by atoms with Crippen molar-refractivity contribution in [2.24, 2.45) is 0 Å². The topological polar surface area (TPSA) is 49.4 Å². The Morgan fingerprint density at radius 3 is 1.90 bits per heavy atom. The van der Waals surface area contributed by atoms with Crippen molar-refractivity contribution in [2.75, 3.05) is 0 Å². The van der Waals surface area contributed by atoms with Crippen molar-refractivity contribution in [3.63, 3.8) is 0 Å². The summed E-state index contributed by atoms with van der Waals surface area (Å²) in [6, 6.07) is 28.5. The van der Waals surface area contributed by atoms with Gasteiger partial charge in [-0.1, -0.05) is 91.0 Å². The maximum atomic E-state index is 13.7. The monoisotopic (exact) mass is 384 g/mol. The fourth-order valence-corrected chi connectivity index (χ4v) is 3.92. The quantitative estimate of drug-likeness (QED) is 0.730. The van der Waals surface area contributed by atoms with E-state index < -0.39 is 11.6 Å². The summed E-state index contributed by atoms with van der Waals surface area (Å²) in [6.45, 7) is 2.19. The molecule has 0 aromatic heterocycles. The van der Waals surface area contributed by atoms with Crippen LogP contribution in [-0.2, 0) is 28.1 Å². The van der Waals surface area contributed by atoms with E-state index >= 15 is 0 Å². The first kappa shape index (κ1) is 18.9. The van der Waals surface area contributed by atoms with E-state index in [0.29, 0.717) is 13.0 Å². The minimum absolute atomic E-state index is 0.0897. The van der Waals surface area contributed by atoms with Gasteiger partial charge in [0.2, 0.25) is 5.91 Å². The van der Waals surface area contributed by atoms with Gasteiger partial charge in [0.25, 0.3) is 5.91 Å². The van der Waals surface area contributed by atoms with Crippen LogP contribution in [0.1, 0.15) is 23.6 Å². The molecule has 0 bridgehead atoms. The molecule has 29 heavy (non-hydrogen) atoms. The second-order valence-electron chi connectivity index (χ2n) is 7.60. The molecule has 2 amide bonds. The number of carbonyl (C=O) groups excluding carboxylic acids is 2. The van der Waals surface area contributed by atoms with Crippen LogP contribution >= 0.6 is 0 Å². The number of amides is 2. The van der Waals surface area contributed by atoms with Crippen LogP contribution in [0.3, 0.4) is 0 Å². The first-order chi connectivity index (χ1) is 14.1. The van der Waals surface area contributed by atoms with Crippen LogP contribution < -0.4 is 5.32 Å². The lowest BCUT2D eigenvalue weighted by Crippen LogP contribution is -2.67. The van der Waals surface area contributed by atoms with Gasteiger partial charge in [-0.25, -0.2) is 0 Å². The van der Waals surface area contributed by atoms with Crippen molar-refractivity contribution in [1.29, 1.82) is 0 Å². The molecule has 0 saturated carbocycles. The molecule has 0 aliphatic carbocycles. The van der Waals surface area contributed by atoms with E-state index in [2.05, 4.69) is 5.32 Å². The number of nitrogens with zero attached hydrogens (tertiary/aromatic N) is 1. The van der Waals surface area contributed by atoms with Crippen LogP contribution in [0.2, 0.25) is 0 Å². The molecule has 1 heterocycles. The molecule has 1 fully saturated rings. The van der Waals surface area contributed by atoms with E-state index in [4.69, 9.17) is 0 Å². The van der Waals surface area contributed by atoms with Gasteiger partial charge in [-0.05, 0) is 23.6 Å². The summed E-state index contributed by atoms with van der Waals surface area (Å²) in [5, 5.41) is 3.01. The highest BCUT2D eigenvalue weighted by Crippen LogP contribution is 2.30. The summed E-state index contributed by atoms with van der Waals surface area (Å²) >= 11 is 0. The molecule has 3 aromatic rings. The maximum absolute atomic E-state index is 13.7. The van der Waals surface area contributed by atoms with Crippen molar-refractivity contribution in [3.8, 4) is 0 Å². The Bertz CT molecular complexity index is 989. The highest BCUT2D eigenvalue weighted by molar-refractivity contribution is 6.00. The molecular weight excluding hydrogens is 360 g/mol. The fourth-order valence-electron chi connectivity index (χ4n) is 3.92. The summed E-state index contributed by atoms with van der Waals surface area (Å²) < 4.78 is 0. The van der Waals surface area contributed by atoms with Gasteiger partial charge in [-0.2, -0.15) is 0 Å². The van der Waals surface area contributed by atoms with Gasteiger partial charge in [0.1, 0.15) is 11.6 Å².